The highest BCUT2D eigenvalue weighted by molar-refractivity contribution is 5.32. The normalized spacial score (nSPS) is 24.8. The molecule has 1 heteroatoms. The Morgan fingerprint density at radius 1 is 0.944 bits per heavy atom. The molecule has 18 heavy (non-hydrogen) atoms. The molecule has 2 aliphatic carbocycles. The number of benzene rings is 1. The Kier molecular flexibility index (Phi) is 3.99. The molecule has 0 spiro atoms. The van der Waals surface area contributed by atoms with Crippen molar-refractivity contribution in [1.29, 1.82) is 0 Å². The van der Waals surface area contributed by atoms with Gasteiger partial charge in [-0.2, -0.15) is 0 Å². The highest BCUT2D eigenvalue weighted by Gasteiger charge is 2.21. The van der Waals surface area contributed by atoms with Gasteiger partial charge in [-0.1, -0.05) is 43.5 Å². The number of fused-ring (bicyclic) bond motifs is 1. The van der Waals surface area contributed by atoms with Gasteiger partial charge in [0.15, 0.2) is 0 Å². The van der Waals surface area contributed by atoms with Crippen LogP contribution in [-0.4, -0.2) is 6.54 Å². The van der Waals surface area contributed by atoms with Crippen molar-refractivity contribution in [3.05, 3.63) is 35.4 Å². The van der Waals surface area contributed by atoms with E-state index in [0.29, 0.717) is 6.04 Å². The smallest absolute Gasteiger partial charge is 0.0323 e. The van der Waals surface area contributed by atoms with E-state index in [4.69, 9.17) is 0 Å². The van der Waals surface area contributed by atoms with Crippen LogP contribution in [0.1, 0.15) is 62.1 Å². The van der Waals surface area contributed by atoms with Crippen LogP contribution in [0.3, 0.4) is 0 Å². The van der Waals surface area contributed by atoms with Gasteiger partial charge in [-0.15, -0.1) is 0 Å². The third-order valence-electron chi connectivity index (χ3n) is 4.75. The molecule has 0 heterocycles. The highest BCUT2D eigenvalue weighted by atomic mass is 14.9. The summed E-state index contributed by atoms with van der Waals surface area (Å²) in [6, 6.07) is 9.63. The lowest BCUT2D eigenvalue weighted by Crippen LogP contribution is -2.30. The molecule has 1 nitrogen and oxygen atoms in total. The quantitative estimate of drug-likeness (QED) is 0.837. The molecule has 0 amide bonds. The minimum absolute atomic E-state index is 0.622. The minimum atomic E-state index is 0.622. The van der Waals surface area contributed by atoms with Gasteiger partial charge >= 0.3 is 0 Å². The van der Waals surface area contributed by atoms with Crippen LogP contribution in [0.25, 0.3) is 0 Å². The zero-order chi connectivity index (χ0) is 12.2. The molecular weight excluding hydrogens is 218 g/mol. The maximum absolute atomic E-state index is 3.85. The molecule has 0 saturated heterocycles. The minimum Gasteiger partial charge on any atom is -0.310 e. The predicted octanol–water partition coefficient (Wildman–Crippen LogP) is 4.23. The zero-order valence-corrected chi connectivity index (χ0v) is 11.3. The van der Waals surface area contributed by atoms with Crippen LogP contribution in [0.4, 0.5) is 0 Å². The monoisotopic (exact) mass is 243 g/mol. The number of hydrogen-bond donors (Lipinski definition) is 1. The summed E-state index contributed by atoms with van der Waals surface area (Å²) < 4.78 is 0. The van der Waals surface area contributed by atoms with Gasteiger partial charge in [-0.25, -0.2) is 0 Å². The molecule has 1 N–H and O–H groups in total. The molecule has 1 atom stereocenters. The molecule has 0 radical (unpaired) electrons. The molecule has 0 bridgehead atoms. The fraction of sp³-hybridized carbons (Fsp3) is 0.647. The first kappa shape index (κ1) is 12.2. The standard InChI is InChI=1S/C17H25N/c1-2-7-14(8-3-1)13-18-17-12-6-10-15-9-4-5-11-16(15)17/h4-5,9,11,14,17-18H,1-3,6-8,10,12-13H2. The Morgan fingerprint density at radius 3 is 2.67 bits per heavy atom. The second-order valence-electron chi connectivity index (χ2n) is 6.06. The first-order valence-corrected chi connectivity index (χ1v) is 7.74. The van der Waals surface area contributed by atoms with Crippen molar-refractivity contribution in [2.75, 3.05) is 6.54 Å². The van der Waals surface area contributed by atoms with E-state index in [0.717, 1.165) is 5.92 Å². The first-order valence-electron chi connectivity index (χ1n) is 7.74. The molecule has 1 unspecified atom stereocenters. The van der Waals surface area contributed by atoms with Gasteiger partial charge in [0.2, 0.25) is 0 Å². The molecule has 98 valence electrons. The SMILES string of the molecule is c1ccc2c(c1)CCCC2NCC1CCCCC1. The van der Waals surface area contributed by atoms with Crippen molar-refractivity contribution >= 4 is 0 Å². The van der Waals surface area contributed by atoms with Crippen molar-refractivity contribution in [3.8, 4) is 0 Å². The molecule has 1 fully saturated rings. The van der Waals surface area contributed by atoms with E-state index < -0.39 is 0 Å². The highest BCUT2D eigenvalue weighted by Crippen LogP contribution is 2.30. The lowest BCUT2D eigenvalue weighted by atomic mass is 9.86. The summed E-state index contributed by atoms with van der Waals surface area (Å²) in [7, 11) is 0. The average molecular weight is 243 g/mol. The van der Waals surface area contributed by atoms with Gasteiger partial charge in [-0.3, -0.25) is 0 Å². The summed E-state index contributed by atoms with van der Waals surface area (Å²) in [6.45, 7) is 1.24. The van der Waals surface area contributed by atoms with Crippen molar-refractivity contribution in [2.24, 2.45) is 5.92 Å². The molecule has 3 rings (SSSR count). The maximum Gasteiger partial charge on any atom is 0.0323 e. The Balaban J connectivity index is 1.60. The fourth-order valence-corrected chi connectivity index (χ4v) is 3.67. The van der Waals surface area contributed by atoms with E-state index in [1.54, 1.807) is 11.1 Å². The molecular formula is C17H25N. The predicted molar refractivity (Wildman–Crippen MR) is 76.7 cm³/mol. The van der Waals surface area contributed by atoms with Gasteiger partial charge < -0.3 is 5.32 Å². The number of hydrogen-bond acceptors (Lipinski definition) is 1. The van der Waals surface area contributed by atoms with Crippen molar-refractivity contribution in [2.45, 2.75) is 57.4 Å². The molecule has 1 saturated carbocycles. The summed E-state index contributed by atoms with van der Waals surface area (Å²) in [5.41, 5.74) is 3.14. The Morgan fingerprint density at radius 2 is 1.78 bits per heavy atom. The van der Waals surface area contributed by atoms with Crippen molar-refractivity contribution in [1.82, 2.24) is 5.32 Å². The largest absolute Gasteiger partial charge is 0.310 e. The van der Waals surface area contributed by atoms with Gasteiger partial charge in [0, 0.05) is 6.04 Å². The molecule has 1 aromatic rings. The summed E-state index contributed by atoms with van der Waals surface area (Å²) in [6.07, 6.45) is 11.2. The molecule has 0 aromatic heterocycles. The van der Waals surface area contributed by atoms with E-state index in [1.807, 2.05) is 0 Å². The average Bonchev–Trinajstić information content (AvgIpc) is 2.46. The van der Waals surface area contributed by atoms with Crippen LogP contribution in [0, 0.1) is 5.92 Å². The van der Waals surface area contributed by atoms with E-state index in [2.05, 4.69) is 29.6 Å². The molecule has 2 aliphatic rings. The van der Waals surface area contributed by atoms with Crippen molar-refractivity contribution < 1.29 is 0 Å². The topological polar surface area (TPSA) is 12.0 Å². The summed E-state index contributed by atoms with van der Waals surface area (Å²) >= 11 is 0. The first-order chi connectivity index (χ1) is 8.93. The van der Waals surface area contributed by atoms with Crippen LogP contribution < -0.4 is 5.32 Å². The van der Waals surface area contributed by atoms with Gasteiger partial charge in [0.05, 0.1) is 0 Å². The van der Waals surface area contributed by atoms with Crippen LogP contribution in [0.2, 0.25) is 0 Å². The Bertz CT molecular complexity index is 379. The van der Waals surface area contributed by atoms with Crippen LogP contribution in [0.5, 0.6) is 0 Å². The maximum atomic E-state index is 3.85. The third-order valence-corrected chi connectivity index (χ3v) is 4.75. The lowest BCUT2D eigenvalue weighted by Gasteiger charge is -2.29. The van der Waals surface area contributed by atoms with E-state index in [-0.39, 0.29) is 0 Å². The van der Waals surface area contributed by atoms with Crippen molar-refractivity contribution in [3.63, 3.8) is 0 Å². The second kappa shape index (κ2) is 5.88. The van der Waals surface area contributed by atoms with Crippen LogP contribution >= 0.6 is 0 Å². The molecule has 0 aliphatic heterocycles. The lowest BCUT2D eigenvalue weighted by molar-refractivity contribution is 0.319. The molecule has 1 aromatic carbocycles. The van der Waals surface area contributed by atoms with Gasteiger partial charge in [0.1, 0.15) is 0 Å². The Hall–Kier alpha value is -0.820. The van der Waals surface area contributed by atoms with E-state index >= 15 is 0 Å². The third kappa shape index (κ3) is 2.77. The number of aryl methyl sites for hydroxylation is 1. The summed E-state index contributed by atoms with van der Waals surface area (Å²) in [4.78, 5) is 0. The van der Waals surface area contributed by atoms with Crippen LogP contribution in [-0.2, 0) is 6.42 Å². The number of nitrogens with one attached hydrogen (secondary N) is 1. The van der Waals surface area contributed by atoms with Gasteiger partial charge in [-0.05, 0) is 55.7 Å². The second-order valence-corrected chi connectivity index (χ2v) is 6.06. The van der Waals surface area contributed by atoms with E-state index in [1.165, 1.54) is 57.9 Å². The van der Waals surface area contributed by atoms with E-state index in [9.17, 15) is 0 Å². The number of rotatable bonds is 3. The summed E-state index contributed by atoms with van der Waals surface area (Å²) in [5.74, 6) is 0.938. The van der Waals surface area contributed by atoms with Gasteiger partial charge in [0.25, 0.3) is 0 Å². The summed E-state index contributed by atoms with van der Waals surface area (Å²) in [5, 5.41) is 3.85. The van der Waals surface area contributed by atoms with Crippen LogP contribution in [0.15, 0.2) is 24.3 Å². The Labute approximate surface area is 111 Å². The fourth-order valence-electron chi connectivity index (χ4n) is 3.67. The zero-order valence-electron chi connectivity index (χ0n) is 11.3.